The fourth-order valence-corrected chi connectivity index (χ4v) is 2.95. The van der Waals surface area contributed by atoms with Crippen molar-refractivity contribution < 1.29 is 19.1 Å². The van der Waals surface area contributed by atoms with Crippen LogP contribution in [0, 0.1) is 0 Å². The van der Waals surface area contributed by atoms with Gasteiger partial charge < -0.3 is 14.1 Å². The van der Waals surface area contributed by atoms with Gasteiger partial charge in [-0.05, 0) is 25.0 Å². The van der Waals surface area contributed by atoms with Gasteiger partial charge >= 0.3 is 5.97 Å². The van der Waals surface area contributed by atoms with Crippen LogP contribution in [0.15, 0.2) is 28.9 Å². The van der Waals surface area contributed by atoms with Gasteiger partial charge in [-0.1, -0.05) is 18.0 Å². The SMILES string of the molecule is O=C(c1cc(Cl)co1)c1ccc2n1CCCCC2C(=O)O. The van der Waals surface area contributed by atoms with Crippen LogP contribution < -0.4 is 0 Å². The van der Waals surface area contributed by atoms with Crippen molar-refractivity contribution in [1.29, 1.82) is 0 Å². The van der Waals surface area contributed by atoms with Gasteiger partial charge in [-0.3, -0.25) is 9.59 Å². The Morgan fingerprint density at radius 2 is 2.14 bits per heavy atom. The van der Waals surface area contributed by atoms with E-state index in [-0.39, 0.29) is 11.5 Å². The summed E-state index contributed by atoms with van der Waals surface area (Å²) in [5.41, 5.74) is 1.13. The Morgan fingerprint density at radius 3 is 2.81 bits per heavy atom. The van der Waals surface area contributed by atoms with Gasteiger partial charge in [-0.2, -0.15) is 0 Å². The number of furan rings is 1. The number of aliphatic carboxylic acids is 1. The molecule has 110 valence electrons. The fraction of sp³-hybridized carbons (Fsp3) is 0.333. The molecule has 1 aliphatic rings. The van der Waals surface area contributed by atoms with Crippen LogP contribution in [0.4, 0.5) is 0 Å². The molecule has 0 saturated heterocycles. The molecule has 0 radical (unpaired) electrons. The van der Waals surface area contributed by atoms with Crippen LogP contribution in [0.3, 0.4) is 0 Å². The first kappa shape index (κ1) is 13.9. The summed E-state index contributed by atoms with van der Waals surface area (Å²) in [7, 11) is 0. The van der Waals surface area contributed by atoms with Crippen molar-refractivity contribution in [2.24, 2.45) is 0 Å². The van der Waals surface area contributed by atoms with Crippen molar-refractivity contribution in [1.82, 2.24) is 4.57 Å². The van der Waals surface area contributed by atoms with Gasteiger partial charge in [0.15, 0.2) is 5.76 Å². The molecule has 0 aromatic carbocycles. The predicted molar refractivity (Wildman–Crippen MR) is 75.8 cm³/mol. The molecule has 0 spiro atoms. The molecule has 1 unspecified atom stereocenters. The van der Waals surface area contributed by atoms with E-state index in [0.717, 1.165) is 12.8 Å². The van der Waals surface area contributed by atoms with Gasteiger partial charge in [-0.15, -0.1) is 0 Å². The first-order valence-corrected chi connectivity index (χ1v) is 7.16. The van der Waals surface area contributed by atoms with Crippen LogP contribution in [0.25, 0.3) is 0 Å². The van der Waals surface area contributed by atoms with Crippen molar-refractivity contribution in [3.05, 3.63) is 46.6 Å². The Morgan fingerprint density at radius 1 is 1.33 bits per heavy atom. The Bertz CT molecular complexity index is 700. The normalized spacial score (nSPS) is 18.0. The van der Waals surface area contributed by atoms with Crippen molar-refractivity contribution >= 4 is 23.4 Å². The molecule has 21 heavy (non-hydrogen) atoms. The minimum Gasteiger partial charge on any atom is -0.481 e. The van der Waals surface area contributed by atoms with Crippen molar-refractivity contribution in [3.63, 3.8) is 0 Å². The van der Waals surface area contributed by atoms with Gasteiger partial charge in [0.2, 0.25) is 5.78 Å². The molecule has 3 heterocycles. The third-order valence-electron chi connectivity index (χ3n) is 3.82. The zero-order chi connectivity index (χ0) is 15.0. The third-order valence-corrected chi connectivity index (χ3v) is 4.02. The number of nitrogens with zero attached hydrogens (tertiary/aromatic N) is 1. The Labute approximate surface area is 126 Å². The van der Waals surface area contributed by atoms with Gasteiger partial charge in [-0.25, -0.2) is 0 Å². The quantitative estimate of drug-likeness (QED) is 0.883. The van der Waals surface area contributed by atoms with E-state index >= 15 is 0 Å². The Balaban J connectivity index is 2.02. The number of carbonyl (C=O) groups is 2. The molecule has 1 aliphatic heterocycles. The summed E-state index contributed by atoms with van der Waals surface area (Å²) in [6, 6.07) is 4.85. The van der Waals surface area contributed by atoms with E-state index in [0.29, 0.717) is 29.4 Å². The summed E-state index contributed by atoms with van der Waals surface area (Å²) in [5.74, 6) is -1.53. The largest absolute Gasteiger partial charge is 0.481 e. The van der Waals surface area contributed by atoms with E-state index in [1.165, 1.54) is 12.3 Å². The highest BCUT2D eigenvalue weighted by atomic mass is 35.5. The average Bonchev–Trinajstić information content (AvgIpc) is 2.99. The lowest BCUT2D eigenvalue weighted by molar-refractivity contribution is -0.139. The molecule has 6 heteroatoms. The summed E-state index contributed by atoms with van der Waals surface area (Å²) < 4.78 is 6.93. The number of carbonyl (C=O) groups excluding carboxylic acids is 1. The first-order valence-electron chi connectivity index (χ1n) is 6.79. The number of halogens is 1. The standard InChI is InChI=1S/C15H14ClNO4/c16-9-7-13(21-8-9)14(18)12-5-4-11-10(15(19)20)3-1-2-6-17(11)12/h4-5,7-8,10H,1-3,6H2,(H,19,20). The van der Waals surface area contributed by atoms with Gasteiger partial charge in [0.05, 0.1) is 16.6 Å². The molecule has 0 fully saturated rings. The summed E-state index contributed by atoms with van der Waals surface area (Å²) in [6.45, 7) is 0.641. The lowest BCUT2D eigenvalue weighted by Crippen LogP contribution is -2.16. The monoisotopic (exact) mass is 307 g/mol. The van der Waals surface area contributed by atoms with Gasteiger partial charge in [0.25, 0.3) is 0 Å². The maximum atomic E-state index is 12.5. The predicted octanol–water partition coefficient (Wildman–Crippen LogP) is 3.32. The zero-order valence-electron chi connectivity index (χ0n) is 11.2. The van der Waals surface area contributed by atoms with E-state index in [4.69, 9.17) is 16.0 Å². The van der Waals surface area contributed by atoms with E-state index in [1.807, 2.05) is 0 Å². The first-order chi connectivity index (χ1) is 10.1. The molecule has 3 rings (SSSR count). The smallest absolute Gasteiger partial charge is 0.312 e. The molecule has 1 N–H and O–H groups in total. The summed E-state index contributed by atoms with van der Waals surface area (Å²) >= 11 is 5.77. The molecule has 0 amide bonds. The summed E-state index contributed by atoms with van der Waals surface area (Å²) in [6.07, 6.45) is 3.59. The Hall–Kier alpha value is -2.01. The summed E-state index contributed by atoms with van der Waals surface area (Å²) in [4.78, 5) is 23.8. The summed E-state index contributed by atoms with van der Waals surface area (Å²) in [5, 5.41) is 9.71. The molecule has 2 aromatic rings. The molecular formula is C15H14ClNO4. The molecule has 5 nitrogen and oxygen atoms in total. The second-order valence-corrected chi connectivity index (χ2v) is 5.58. The molecule has 2 aromatic heterocycles. The van der Waals surface area contributed by atoms with Crippen LogP contribution in [-0.4, -0.2) is 21.4 Å². The number of fused-ring (bicyclic) bond motifs is 1. The molecular weight excluding hydrogens is 294 g/mol. The minimum atomic E-state index is -0.851. The van der Waals surface area contributed by atoms with Gasteiger partial charge in [0, 0.05) is 18.3 Å². The second kappa shape index (κ2) is 5.41. The van der Waals surface area contributed by atoms with Crippen LogP contribution in [0.1, 0.15) is 47.1 Å². The van der Waals surface area contributed by atoms with Crippen molar-refractivity contribution in [3.8, 4) is 0 Å². The van der Waals surface area contributed by atoms with E-state index in [2.05, 4.69) is 0 Å². The zero-order valence-corrected chi connectivity index (χ0v) is 12.0. The topological polar surface area (TPSA) is 72.4 Å². The van der Waals surface area contributed by atoms with Crippen LogP contribution in [0.5, 0.6) is 0 Å². The molecule has 0 bridgehead atoms. The lowest BCUT2D eigenvalue weighted by Gasteiger charge is -2.12. The number of hydrogen-bond acceptors (Lipinski definition) is 3. The molecule has 0 saturated carbocycles. The minimum absolute atomic E-state index is 0.164. The molecule has 0 aliphatic carbocycles. The van der Waals surface area contributed by atoms with Crippen LogP contribution >= 0.6 is 11.6 Å². The van der Waals surface area contributed by atoms with E-state index in [1.54, 1.807) is 16.7 Å². The number of rotatable bonds is 3. The highest BCUT2D eigenvalue weighted by molar-refractivity contribution is 6.31. The third kappa shape index (κ3) is 2.49. The Kier molecular flexibility index (Phi) is 3.59. The van der Waals surface area contributed by atoms with Crippen molar-refractivity contribution in [2.75, 3.05) is 0 Å². The highest BCUT2D eigenvalue weighted by Crippen LogP contribution is 2.30. The van der Waals surface area contributed by atoms with Crippen molar-refractivity contribution in [2.45, 2.75) is 31.7 Å². The van der Waals surface area contributed by atoms with Gasteiger partial charge in [0.1, 0.15) is 6.26 Å². The van der Waals surface area contributed by atoms with E-state index in [9.17, 15) is 14.7 Å². The maximum absolute atomic E-state index is 12.5. The fourth-order valence-electron chi connectivity index (χ4n) is 2.81. The number of ketones is 1. The second-order valence-electron chi connectivity index (χ2n) is 5.14. The van der Waals surface area contributed by atoms with E-state index < -0.39 is 11.9 Å². The highest BCUT2D eigenvalue weighted by Gasteiger charge is 2.28. The average molecular weight is 308 g/mol. The number of carboxylic acids is 1. The lowest BCUT2D eigenvalue weighted by atomic mass is 10.0. The number of aromatic nitrogens is 1. The van der Waals surface area contributed by atoms with Crippen LogP contribution in [-0.2, 0) is 11.3 Å². The molecule has 1 atom stereocenters. The van der Waals surface area contributed by atoms with Crippen LogP contribution in [0.2, 0.25) is 5.02 Å². The number of hydrogen-bond donors (Lipinski definition) is 1. The number of carboxylic acid groups (broad SMARTS) is 1. The maximum Gasteiger partial charge on any atom is 0.312 e.